The number of piperidine rings is 1. The minimum atomic E-state index is 0.0431. The molecule has 1 aliphatic heterocycles. The summed E-state index contributed by atoms with van der Waals surface area (Å²) in [4.78, 5) is 16.0. The van der Waals surface area contributed by atoms with Gasteiger partial charge < -0.3 is 10.2 Å². The molecular weight excluding hydrogens is 318 g/mol. The SMILES string of the molecule is CC1CCN(CCC(=O)Nc2sc3c(c2C#N)CCCCC3)CC1. The van der Waals surface area contributed by atoms with E-state index >= 15 is 0 Å². The minimum Gasteiger partial charge on any atom is -0.317 e. The van der Waals surface area contributed by atoms with E-state index in [9.17, 15) is 10.1 Å². The molecule has 0 radical (unpaired) electrons. The van der Waals surface area contributed by atoms with Gasteiger partial charge in [0, 0.05) is 17.8 Å². The number of carbonyl (C=O) groups excluding carboxylic acids is 1. The molecule has 0 spiro atoms. The van der Waals surface area contributed by atoms with Crippen LogP contribution in [0.1, 0.15) is 61.5 Å². The van der Waals surface area contributed by atoms with Crippen molar-refractivity contribution in [2.45, 2.75) is 58.3 Å². The molecule has 2 aliphatic rings. The van der Waals surface area contributed by atoms with Crippen LogP contribution in [-0.4, -0.2) is 30.4 Å². The van der Waals surface area contributed by atoms with E-state index in [4.69, 9.17) is 0 Å². The van der Waals surface area contributed by atoms with Crippen molar-refractivity contribution in [3.8, 4) is 6.07 Å². The van der Waals surface area contributed by atoms with Gasteiger partial charge in [0.2, 0.25) is 5.91 Å². The fraction of sp³-hybridized carbons (Fsp3) is 0.684. The first-order valence-electron chi connectivity index (χ1n) is 9.24. The molecule has 1 saturated heterocycles. The van der Waals surface area contributed by atoms with Crippen molar-refractivity contribution >= 4 is 22.2 Å². The van der Waals surface area contributed by atoms with Gasteiger partial charge in [-0.15, -0.1) is 11.3 Å². The molecule has 0 atom stereocenters. The Morgan fingerprint density at radius 2 is 2.04 bits per heavy atom. The Morgan fingerprint density at radius 1 is 1.29 bits per heavy atom. The summed E-state index contributed by atoms with van der Waals surface area (Å²) in [5, 5.41) is 13.3. The van der Waals surface area contributed by atoms with Crippen molar-refractivity contribution in [3.05, 3.63) is 16.0 Å². The Labute approximate surface area is 148 Å². The molecule has 1 aromatic rings. The molecule has 2 heterocycles. The number of anilines is 1. The molecule has 130 valence electrons. The lowest BCUT2D eigenvalue weighted by Gasteiger charge is -2.29. The van der Waals surface area contributed by atoms with Gasteiger partial charge in [-0.05, 0) is 63.1 Å². The zero-order valence-corrected chi connectivity index (χ0v) is 15.4. The molecule has 1 N–H and O–H groups in total. The van der Waals surface area contributed by atoms with Crippen LogP contribution in [0, 0.1) is 17.2 Å². The highest BCUT2D eigenvalue weighted by molar-refractivity contribution is 7.16. The number of thiophene rings is 1. The summed E-state index contributed by atoms with van der Waals surface area (Å²) in [7, 11) is 0. The maximum Gasteiger partial charge on any atom is 0.226 e. The first-order valence-corrected chi connectivity index (χ1v) is 10.1. The number of fused-ring (bicyclic) bond motifs is 1. The van der Waals surface area contributed by atoms with Gasteiger partial charge in [0.15, 0.2) is 0 Å². The molecule has 3 rings (SSSR count). The van der Waals surface area contributed by atoms with E-state index < -0.39 is 0 Å². The minimum absolute atomic E-state index is 0.0431. The lowest BCUT2D eigenvalue weighted by molar-refractivity contribution is -0.116. The van der Waals surface area contributed by atoms with Crippen molar-refractivity contribution in [2.24, 2.45) is 5.92 Å². The summed E-state index contributed by atoms with van der Waals surface area (Å²) in [6, 6.07) is 2.33. The average Bonchev–Trinajstić information content (AvgIpc) is 2.74. The van der Waals surface area contributed by atoms with E-state index in [1.54, 1.807) is 11.3 Å². The zero-order valence-electron chi connectivity index (χ0n) is 14.6. The van der Waals surface area contributed by atoms with E-state index in [-0.39, 0.29) is 5.91 Å². The molecule has 24 heavy (non-hydrogen) atoms. The molecule has 5 heteroatoms. The first kappa shape index (κ1) is 17.4. The van der Waals surface area contributed by atoms with Gasteiger partial charge in [0.05, 0.1) is 5.56 Å². The second-order valence-corrected chi connectivity index (χ2v) is 8.31. The highest BCUT2D eigenvalue weighted by atomic mass is 32.1. The monoisotopic (exact) mass is 345 g/mol. The number of amides is 1. The Balaban J connectivity index is 1.57. The molecule has 0 aromatic carbocycles. The predicted molar refractivity (Wildman–Crippen MR) is 98.4 cm³/mol. The van der Waals surface area contributed by atoms with Crippen LogP contribution in [0.25, 0.3) is 0 Å². The predicted octanol–water partition coefficient (Wildman–Crippen LogP) is 3.95. The number of likely N-dealkylation sites (tertiary alicyclic amines) is 1. The smallest absolute Gasteiger partial charge is 0.226 e. The highest BCUT2D eigenvalue weighted by Gasteiger charge is 2.21. The third kappa shape index (κ3) is 4.17. The summed E-state index contributed by atoms with van der Waals surface area (Å²) >= 11 is 1.62. The van der Waals surface area contributed by atoms with E-state index in [2.05, 4.69) is 23.2 Å². The number of aryl methyl sites for hydroxylation is 1. The van der Waals surface area contributed by atoms with Crippen LogP contribution in [0.5, 0.6) is 0 Å². The number of hydrogen-bond donors (Lipinski definition) is 1. The number of nitriles is 1. The van der Waals surface area contributed by atoms with Gasteiger partial charge >= 0.3 is 0 Å². The van der Waals surface area contributed by atoms with Crippen LogP contribution < -0.4 is 5.32 Å². The van der Waals surface area contributed by atoms with Crippen molar-refractivity contribution in [3.63, 3.8) is 0 Å². The van der Waals surface area contributed by atoms with Gasteiger partial charge in [-0.2, -0.15) is 5.26 Å². The number of nitrogens with zero attached hydrogens (tertiary/aromatic N) is 2. The summed E-state index contributed by atoms with van der Waals surface area (Å²) < 4.78 is 0. The maximum atomic E-state index is 12.3. The van der Waals surface area contributed by atoms with Crippen molar-refractivity contribution in [2.75, 3.05) is 25.0 Å². The van der Waals surface area contributed by atoms with E-state index in [1.165, 1.54) is 36.1 Å². The second kappa shape index (κ2) is 8.13. The van der Waals surface area contributed by atoms with Crippen molar-refractivity contribution < 1.29 is 4.79 Å². The lowest BCUT2D eigenvalue weighted by Crippen LogP contribution is -2.35. The third-order valence-electron chi connectivity index (χ3n) is 5.32. The lowest BCUT2D eigenvalue weighted by atomic mass is 9.99. The molecule has 0 unspecified atom stereocenters. The number of hydrogen-bond acceptors (Lipinski definition) is 4. The average molecular weight is 346 g/mol. The Bertz CT molecular complexity index is 623. The van der Waals surface area contributed by atoms with E-state index in [0.717, 1.165) is 55.4 Å². The Kier molecular flexibility index (Phi) is 5.91. The van der Waals surface area contributed by atoms with Gasteiger partial charge in [0.25, 0.3) is 0 Å². The first-order chi connectivity index (χ1) is 11.7. The van der Waals surface area contributed by atoms with E-state index in [1.807, 2.05) is 0 Å². The van der Waals surface area contributed by atoms with Crippen LogP contribution in [0.15, 0.2) is 0 Å². The molecular formula is C19H27N3OS. The molecule has 1 aromatic heterocycles. The van der Waals surface area contributed by atoms with Crippen LogP contribution in [-0.2, 0) is 17.6 Å². The number of nitrogens with one attached hydrogen (secondary N) is 1. The van der Waals surface area contributed by atoms with Gasteiger partial charge in [0.1, 0.15) is 11.1 Å². The van der Waals surface area contributed by atoms with E-state index in [0.29, 0.717) is 6.42 Å². The standard InChI is InChI=1S/C19H27N3OS/c1-14-7-10-22(11-8-14)12-9-18(23)21-19-16(13-20)15-5-3-2-4-6-17(15)24-19/h14H,2-12H2,1H3,(H,21,23). The van der Waals surface area contributed by atoms with Crippen LogP contribution >= 0.6 is 11.3 Å². The normalized spacial score (nSPS) is 19.3. The molecule has 1 aliphatic carbocycles. The molecule has 4 nitrogen and oxygen atoms in total. The van der Waals surface area contributed by atoms with Gasteiger partial charge in [-0.3, -0.25) is 4.79 Å². The quantitative estimate of drug-likeness (QED) is 0.841. The summed E-state index contributed by atoms with van der Waals surface area (Å²) in [5.41, 5.74) is 1.91. The third-order valence-corrected chi connectivity index (χ3v) is 6.52. The van der Waals surface area contributed by atoms with Crippen molar-refractivity contribution in [1.29, 1.82) is 5.26 Å². The fourth-order valence-corrected chi connectivity index (χ4v) is 4.94. The Hall–Kier alpha value is -1.38. The van der Waals surface area contributed by atoms with Gasteiger partial charge in [-0.25, -0.2) is 0 Å². The van der Waals surface area contributed by atoms with Crippen LogP contribution in [0.2, 0.25) is 0 Å². The summed E-state index contributed by atoms with van der Waals surface area (Å²) in [6.07, 6.45) is 8.60. The molecule has 1 amide bonds. The largest absolute Gasteiger partial charge is 0.317 e. The fourth-order valence-electron chi connectivity index (χ4n) is 3.68. The van der Waals surface area contributed by atoms with Crippen LogP contribution in [0.3, 0.4) is 0 Å². The van der Waals surface area contributed by atoms with Crippen LogP contribution in [0.4, 0.5) is 5.00 Å². The maximum absolute atomic E-state index is 12.3. The highest BCUT2D eigenvalue weighted by Crippen LogP contribution is 2.37. The molecule has 1 fully saturated rings. The number of carbonyl (C=O) groups is 1. The topological polar surface area (TPSA) is 56.1 Å². The molecule has 0 bridgehead atoms. The summed E-state index contributed by atoms with van der Waals surface area (Å²) in [6.45, 7) is 5.33. The van der Waals surface area contributed by atoms with Gasteiger partial charge in [-0.1, -0.05) is 13.3 Å². The zero-order chi connectivity index (χ0) is 16.9. The summed E-state index contributed by atoms with van der Waals surface area (Å²) in [5.74, 6) is 0.858. The second-order valence-electron chi connectivity index (χ2n) is 7.20. The number of rotatable bonds is 4. The Morgan fingerprint density at radius 3 is 2.79 bits per heavy atom. The molecule has 0 saturated carbocycles. The van der Waals surface area contributed by atoms with Crippen molar-refractivity contribution in [1.82, 2.24) is 4.90 Å².